The van der Waals surface area contributed by atoms with Crippen LogP contribution in [0.1, 0.15) is 46.1 Å². The molecule has 1 N–H and O–H groups in total. The fourth-order valence-corrected chi connectivity index (χ4v) is 4.14. The van der Waals surface area contributed by atoms with Gasteiger partial charge >= 0.3 is 0 Å². The van der Waals surface area contributed by atoms with Crippen LogP contribution in [0.25, 0.3) is 5.69 Å². The minimum atomic E-state index is -0.0171. The molecule has 2 heterocycles. The maximum Gasteiger partial charge on any atom is 0.220 e. The van der Waals surface area contributed by atoms with Crippen LogP contribution in [0.4, 0.5) is 0 Å². The first-order chi connectivity index (χ1) is 13.3. The molecule has 1 saturated heterocycles. The number of rotatable bonds is 7. The Morgan fingerprint density at radius 2 is 1.86 bits per heavy atom. The number of benzene rings is 1. The van der Waals surface area contributed by atoms with Gasteiger partial charge in [-0.25, -0.2) is 4.68 Å². The van der Waals surface area contributed by atoms with Crippen LogP contribution in [-0.2, 0) is 11.2 Å². The van der Waals surface area contributed by atoms with Gasteiger partial charge in [-0.3, -0.25) is 9.69 Å². The van der Waals surface area contributed by atoms with E-state index in [1.54, 1.807) is 0 Å². The van der Waals surface area contributed by atoms with Crippen LogP contribution in [-0.4, -0.2) is 45.8 Å². The van der Waals surface area contributed by atoms with Gasteiger partial charge in [-0.05, 0) is 56.2 Å². The van der Waals surface area contributed by atoms with Crippen molar-refractivity contribution < 1.29 is 4.79 Å². The highest BCUT2D eigenvalue weighted by Gasteiger charge is 2.32. The van der Waals surface area contributed by atoms with Gasteiger partial charge in [0.2, 0.25) is 5.91 Å². The Bertz CT molecular complexity index is 758. The van der Waals surface area contributed by atoms with Crippen molar-refractivity contribution in [2.75, 3.05) is 19.6 Å². The summed E-state index contributed by atoms with van der Waals surface area (Å²) in [6.07, 6.45) is 6.35. The summed E-state index contributed by atoms with van der Waals surface area (Å²) >= 11 is 0. The highest BCUT2D eigenvalue weighted by atomic mass is 16.1. The monoisotopic (exact) mass is 382 g/mol. The van der Waals surface area contributed by atoms with E-state index < -0.39 is 0 Å². The average molecular weight is 383 g/mol. The van der Waals surface area contributed by atoms with E-state index in [4.69, 9.17) is 0 Å². The smallest absolute Gasteiger partial charge is 0.220 e. The van der Waals surface area contributed by atoms with E-state index in [9.17, 15) is 4.79 Å². The van der Waals surface area contributed by atoms with Gasteiger partial charge in [0.05, 0.1) is 11.9 Å². The molecule has 1 aliphatic rings. The molecule has 152 valence electrons. The van der Waals surface area contributed by atoms with Gasteiger partial charge in [-0.15, -0.1) is 0 Å². The minimum Gasteiger partial charge on any atom is -0.354 e. The van der Waals surface area contributed by atoms with Crippen LogP contribution in [0, 0.1) is 11.8 Å². The van der Waals surface area contributed by atoms with Gasteiger partial charge in [-0.2, -0.15) is 5.10 Å². The van der Waals surface area contributed by atoms with E-state index in [0.29, 0.717) is 19.4 Å². The molecule has 0 radical (unpaired) electrons. The van der Waals surface area contributed by atoms with Gasteiger partial charge in [0, 0.05) is 37.8 Å². The Labute approximate surface area is 169 Å². The first-order valence-electron chi connectivity index (χ1n) is 10.4. The van der Waals surface area contributed by atoms with Crippen LogP contribution < -0.4 is 5.32 Å². The highest BCUT2D eigenvalue weighted by molar-refractivity contribution is 5.76. The number of aryl methyl sites for hydroxylation is 1. The van der Waals surface area contributed by atoms with E-state index in [1.807, 2.05) is 47.4 Å². The molecule has 5 nitrogen and oxygen atoms in total. The number of aromatic nitrogens is 2. The summed E-state index contributed by atoms with van der Waals surface area (Å²) in [6.45, 7) is 12.1. The molecular formula is C23H34N4O. The van der Waals surface area contributed by atoms with Crippen molar-refractivity contribution in [2.45, 2.75) is 52.5 Å². The zero-order chi connectivity index (χ0) is 20.1. The lowest BCUT2D eigenvalue weighted by atomic mass is 9.88. The second-order valence-electron chi connectivity index (χ2n) is 9.07. The van der Waals surface area contributed by atoms with Crippen molar-refractivity contribution in [2.24, 2.45) is 11.8 Å². The summed E-state index contributed by atoms with van der Waals surface area (Å²) < 4.78 is 1.86. The Balaban J connectivity index is 1.46. The Morgan fingerprint density at radius 1 is 1.18 bits per heavy atom. The first-order valence-corrected chi connectivity index (χ1v) is 10.4. The lowest BCUT2D eigenvalue weighted by Crippen LogP contribution is -2.56. The van der Waals surface area contributed by atoms with Gasteiger partial charge in [0.1, 0.15) is 0 Å². The molecule has 0 aliphatic carbocycles. The average Bonchev–Trinajstić information content (AvgIpc) is 3.14. The molecule has 1 aromatic carbocycles. The van der Waals surface area contributed by atoms with Crippen LogP contribution in [0.2, 0.25) is 0 Å². The van der Waals surface area contributed by atoms with Gasteiger partial charge < -0.3 is 5.32 Å². The SMILES string of the molecule is CC1CC(C)CN(C(C)(C)CNC(=O)CCc2cnn(-c3ccccc3)c2)C1. The molecule has 1 aromatic heterocycles. The predicted molar refractivity (Wildman–Crippen MR) is 113 cm³/mol. The summed E-state index contributed by atoms with van der Waals surface area (Å²) in [5, 5.41) is 7.55. The lowest BCUT2D eigenvalue weighted by molar-refractivity contribution is -0.121. The number of hydrogen-bond acceptors (Lipinski definition) is 3. The lowest BCUT2D eigenvalue weighted by Gasteiger charge is -2.45. The van der Waals surface area contributed by atoms with Crippen molar-refractivity contribution in [1.29, 1.82) is 0 Å². The number of hydrogen-bond donors (Lipinski definition) is 1. The Morgan fingerprint density at radius 3 is 2.54 bits per heavy atom. The number of nitrogens with zero attached hydrogens (tertiary/aromatic N) is 3. The minimum absolute atomic E-state index is 0.0171. The zero-order valence-corrected chi connectivity index (χ0v) is 17.7. The van der Waals surface area contributed by atoms with E-state index in [-0.39, 0.29) is 11.4 Å². The van der Waals surface area contributed by atoms with Gasteiger partial charge in [-0.1, -0.05) is 32.0 Å². The third-order valence-corrected chi connectivity index (χ3v) is 5.74. The van der Waals surface area contributed by atoms with Gasteiger partial charge in [0.25, 0.3) is 0 Å². The largest absolute Gasteiger partial charge is 0.354 e. The fourth-order valence-electron chi connectivity index (χ4n) is 4.14. The molecule has 1 fully saturated rings. The number of piperidine rings is 1. The van der Waals surface area contributed by atoms with Crippen molar-refractivity contribution in [3.63, 3.8) is 0 Å². The van der Waals surface area contributed by atoms with Crippen LogP contribution in [0.5, 0.6) is 0 Å². The molecule has 2 atom stereocenters. The van der Waals surface area contributed by atoms with Crippen LogP contribution in [0.3, 0.4) is 0 Å². The van der Waals surface area contributed by atoms with E-state index in [1.165, 1.54) is 6.42 Å². The molecule has 0 saturated carbocycles. The second-order valence-corrected chi connectivity index (χ2v) is 9.07. The summed E-state index contributed by atoms with van der Waals surface area (Å²) in [5.74, 6) is 1.55. The highest BCUT2D eigenvalue weighted by Crippen LogP contribution is 2.26. The van der Waals surface area contributed by atoms with Gasteiger partial charge in [0.15, 0.2) is 0 Å². The third kappa shape index (κ3) is 5.44. The standard InChI is InChI=1S/C23H34N4O/c1-18-12-19(2)15-26(14-18)23(3,4)17-24-22(28)11-10-20-13-25-27(16-20)21-8-6-5-7-9-21/h5-9,13,16,18-19H,10-12,14-15,17H2,1-4H3,(H,24,28). The molecule has 5 heteroatoms. The molecular weight excluding hydrogens is 348 g/mol. The molecule has 0 bridgehead atoms. The molecule has 1 amide bonds. The van der Waals surface area contributed by atoms with E-state index in [0.717, 1.165) is 36.2 Å². The number of amides is 1. The van der Waals surface area contributed by atoms with E-state index in [2.05, 4.69) is 43.0 Å². The summed E-state index contributed by atoms with van der Waals surface area (Å²) in [4.78, 5) is 14.9. The van der Waals surface area contributed by atoms with Crippen molar-refractivity contribution in [3.8, 4) is 5.69 Å². The Hall–Kier alpha value is -2.14. The van der Waals surface area contributed by atoms with Crippen LogP contribution in [0.15, 0.2) is 42.7 Å². The van der Waals surface area contributed by atoms with E-state index >= 15 is 0 Å². The molecule has 28 heavy (non-hydrogen) atoms. The maximum atomic E-state index is 12.4. The molecule has 2 aromatic rings. The third-order valence-electron chi connectivity index (χ3n) is 5.74. The molecule has 2 unspecified atom stereocenters. The fraction of sp³-hybridized carbons (Fsp3) is 0.565. The number of carbonyl (C=O) groups excluding carboxylic acids is 1. The second kappa shape index (κ2) is 8.91. The number of nitrogens with one attached hydrogen (secondary N) is 1. The Kier molecular flexibility index (Phi) is 6.55. The first kappa shape index (κ1) is 20.6. The van der Waals surface area contributed by atoms with Crippen molar-refractivity contribution >= 4 is 5.91 Å². The number of para-hydroxylation sites is 1. The summed E-state index contributed by atoms with van der Waals surface area (Å²) in [5.41, 5.74) is 2.10. The summed E-state index contributed by atoms with van der Waals surface area (Å²) in [7, 11) is 0. The normalized spacial score (nSPS) is 20.9. The zero-order valence-electron chi connectivity index (χ0n) is 17.7. The topological polar surface area (TPSA) is 50.2 Å². The summed E-state index contributed by atoms with van der Waals surface area (Å²) in [6, 6.07) is 10.0. The van der Waals surface area contributed by atoms with Crippen molar-refractivity contribution in [1.82, 2.24) is 20.0 Å². The molecule has 3 rings (SSSR count). The molecule has 1 aliphatic heterocycles. The quantitative estimate of drug-likeness (QED) is 0.795. The predicted octanol–water partition coefficient (Wildman–Crippen LogP) is 3.68. The van der Waals surface area contributed by atoms with Crippen LogP contribution >= 0.6 is 0 Å². The van der Waals surface area contributed by atoms with Crippen molar-refractivity contribution in [3.05, 3.63) is 48.3 Å². The molecule has 0 spiro atoms. The maximum absolute atomic E-state index is 12.4. The number of carbonyl (C=O) groups is 1. The number of likely N-dealkylation sites (tertiary alicyclic amines) is 1.